The fraction of sp³-hybridized carbons (Fsp3) is 0.400. The number of rotatable bonds is 6. The molecule has 2 amide bonds. The summed E-state index contributed by atoms with van der Waals surface area (Å²) in [4.78, 5) is 32.6. The van der Waals surface area contributed by atoms with Crippen LogP contribution in [0, 0.1) is 0 Å². The molecule has 11 nitrogen and oxygen atoms in total. The summed E-state index contributed by atoms with van der Waals surface area (Å²) < 4.78 is 33.3. The van der Waals surface area contributed by atoms with Crippen LogP contribution in [-0.4, -0.2) is 64.6 Å². The quantitative estimate of drug-likeness (QED) is 0.153. The fourth-order valence-corrected chi connectivity index (χ4v) is 4.53. The third-order valence-corrected chi connectivity index (χ3v) is 5.59. The molecule has 0 bridgehead atoms. The Labute approximate surface area is 173 Å². The third kappa shape index (κ3) is 4.64. The van der Waals surface area contributed by atoms with E-state index in [1.54, 1.807) is 0 Å². The molecule has 1 aromatic heterocycles. The van der Waals surface area contributed by atoms with Crippen LogP contribution in [0.5, 0.6) is 0 Å². The van der Waals surface area contributed by atoms with E-state index in [0.717, 1.165) is 23.1 Å². The minimum atomic E-state index is -4.95. The number of nitrogen functional groups attached to an aromatic ring is 1. The molecule has 3 N–H and O–H groups in total. The number of aromatic nitrogens is 1. The van der Waals surface area contributed by atoms with Crippen molar-refractivity contribution in [3.05, 3.63) is 11.1 Å². The molecule has 0 radical (unpaired) electrons. The molecular weight excluding hydrogens is 405 g/mol. The first-order valence-corrected chi connectivity index (χ1v) is 9.69. The van der Waals surface area contributed by atoms with Crippen LogP contribution in [-0.2, 0) is 24.7 Å². The molecule has 2 atom stereocenters. The summed E-state index contributed by atoms with van der Waals surface area (Å²) >= 11 is 2.01. The molecule has 132 valence electrons. The van der Waals surface area contributed by atoms with Gasteiger partial charge in [-0.1, -0.05) is 5.16 Å². The van der Waals surface area contributed by atoms with Gasteiger partial charge in [0.15, 0.2) is 21.1 Å². The molecular formula is C10H12N5NaO6S3. The minimum Gasteiger partial charge on any atom is -0.731 e. The van der Waals surface area contributed by atoms with E-state index in [4.69, 9.17) is 5.73 Å². The van der Waals surface area contributed by atoms with Crippen LogP contribution in [0.3, 0.4) is 0 Å². The predicted octanol–water partition coefficient (Wildman–Crippen LogP) is -4.44. The van der Waals surface area contributed by atoms with E-state index in [-0.39, 0.29) is 50.4 Å². The molecule has 2 rings (SSSR count). The number of carbonyl (C=O) groups excluding carboxylic acids is 2. The largest absolute Gasteiger partial charge is 1.00 e. The van der Waals surface area contributed by atoms with Crippen molar-refractivity contribution in [2.75, 3.05) is 19.1 Å². The number of nitrogens with one attached hydrogen (secondary N) is 1. The molecule has 0 saturated carbocycles. The normalized spacial score (nSPS) is 20.5. The minimum absolute atomic E-state index is 0. The molecule has 0 unspecified atom stereocenters. The second kappa shape index (κ2) is 8.66. The maximum atomic E-state index is 12.3. The van der Waals surface area contributed by atoms with Gasteiger partial charge in [-0.3, -0.25) is 9.59 Å². The van der Waals surface area contributed by atoms with Crippen molar-refractivity contribution in [1.82, 2.24) is 14.6 Å². The average Bonchev–Trinajstić information content (AvgIpc) is 2.91. The van der Waals surface area contributed by atoms with Gasteiger partial charge < -0.3 is 20.4 Å². The van der Waals surface area contributed by atoms with Crippen LogP contribution >= 0.6 is 23.1 Å². The van der Waals surface area contributed by atoms with Crippen molar-refractivity contribution in [3.8, 4) is 0 Å². The van der Waals surface area contributed by atoms with Gasteiger partial charge in [0, 0.05) is 5.38 Å². The van der Waals surface area contributed by atoms with Crippen LogP contribution < -0.4 is 40.6 Å². The van der Waals surface area contributed by atoms with Crippen LogP contribution in [0.25, 0.3) is 0 Å². The Balaban J connectivity index is 0.00000312. The van der Waals surface area contributed by atoms with Crippen LogP contribution in [0.1, 0.15) is 5.69 Å². The summed E-state index contributed by atoms with van der Waals surface area (Å²) in [5.41, 5.74) is 5.40. The Kier molecular flexibility index (Phi) is 7.67. The Hall–Kier alpha value is -0.900. The molecule has 2 heterocycles. The molecule has 1 saturated heterocycles. The predicted molar refractivity (Wildman–Crippen MR) is 85.8 cm³/mol. The number of β-lactam (4-membered cyclic amide) rings is 1. The Morgan fingerprint density at radius 3 is 2.68 bits per heavy atom. The zero-order chi connectivity index (χ0) is 18.1. The van der Waals surface area contributed by atoms with Crippen molar-refractivity contribution in [2.45, 2.75) is 11.4 Å². The van der Waals surface area contributed by atoms with E-state index in [1.807, 2.05) is 0 Å². The molecule has 25 heavy (non-hydrogen) atoms. The number of carbonyl (C=O) groups is 2. The van der Waals surface area contributed by atoms with Gasteiger partial charge in [-0.2, -0.15) is 0 Å². The summed E-state index contributed by atoms with van der Waals surface area (Å²) in [6.45, 7) is 0. The van der Waals surface area contributed by atoms with Gasteiger partial charge in [0.25, 0.3) is 11.8 Å². The van der Waals surface area contributed by atoms with Gasteiger partial charge >= 0.3 is 29.6 Å². The second-order valence-corrected chi connectivity index (χ2v) is 7.46. The van der Waals surface area contributed by atoms with E-state index >= 15 is 0 Å². The number of thioether (sulfide) groups is 1. The topological polar surface area (TPSA) is 167 Å². The third-order valence-electron chi connectivity index (χ3n) is 2.93. The zero-order valence-corrected chi connectivity index (χ0v) is 17.8. The number of thiazole rings is 1. The van der Waals surface area contributed by atoms with E-state index in [1.165, 1.54) is 18.7 Å². The first kappa shape index (κ1) is 22.1. The molecule has 0 spiro atoms. The molecule has 0 aromatic carbocycles. The molecule has 1 aliphatic heterocycles. The standard InChI is InChI=1S/C10H13N5O6S3.Na/c1-21-14-5(4-3-23-10(11)12-4)7(16)13-6-8(17)15(9(6)22-2)24(18,19)20;/h3,6,9H,1-2H3,(H2,11,12)(H,13,16)(H,18,19,20);/q;+1/p-1/t6-,9+;/m1./s1. The van der Waals surface area contributed by atoms with E-state index in [2.05, 4.69) is 20.3 Å². The van der Waals surface area contributed by atoms with Gasteiger partial charge in [0.1, 0.15) is 24.2 Å². The molecule has 1 aromatic rings. The Morgan fingerprint density at radius 2 is 2.24 bits per heavy atom. The number of hydrogen-bond acceptors (Lipinski definition) is 11. The van der Waals surface area contributed by atoms with Crippen molar-refractivity contribution in [3.63, 3.8) is 0 Å². The summed E-state index contributed by atoms with van der Waals surface area (Å²) in [6, 6.07) is -1.19. The molecule has 1 fully saturated rings. The van der Waals surface area contributed by atoms with E-state index in [9.17, 15) is 22.6 Å². The fourth-order valence-electron chi connectivity index (χ4n) is 1.94. The summed E-state index contributed by atoms with van der Waals surface area (Å²) in [5.74, 6) is -1.84. The molecule has 15 heteroatoms. The maximum Gasteiger partial charge on any atom is 1.00 e. The van der Waals surface area contributed by atoms with Crippen LogP contribution in [0.2, 0.25) is 0 Å². The molecule has 1 aliphatic rings. The van der Waals surface area contributed by atoms with Crippen molar-refractivity contribution in [2.24, 2.45) is 5.16 Å². The van der Waals surface area contributed by atoms with Gasteiger partial charge in [0.05, 0.1) is 0 Å². The maximum absolute atomic E-state index is 12.3. The first-order valence-electron chi connectivity index (χ1n) is 6.16. The van der Waals surface area contributed by atoms with Crippen LogP contribution in [0.4, 0.5) is 5.13 Å². The number of nitrogens with zero attached hydrogens (tertiary/aromatic N) is 3. The van der Waals surface area contributed by atoms with Crippen molar-refractivity contribution >= 4 is 56.1 Å². The summed E-state index contributed by atoms with van der Waals surface area (Å²) in [6.07, 6.45) is 1.50. The monoisotopic (exact) mass is 417 g/mol. The number of anilines is 1. The number of oxime groups is 1. The summed E-state index contributed by atoms with van der Waals surface area (Å²) in [5, 5.41) is 6.50. The number of amides is 2. The van der Waals surface area contributed by atoms with Gasteiger partial charge in [0.2, 0.25) is 0 Å². The van der Waals surface area contributed by atoms with Gasteiger partial charge in [-0.15, -0.1) is 23.1 Å². The smallest absolute Gasteiger partial charge is 0.731 e. The Morgan fingerprint density at radius 1 is 1.60 bits per heavy atom. The number of nitrogens with two attached hydrogens (primary N) is 1. The van der Waals surface area contributed by atoms with Gasteiger partial charge in [-0.05, 0) is 6.26 Å². The van der Waals surface area contributed by atoms with Crippen LogP contribution in [0.15, 0.2) is 10.5 Å². The first-order chi connectivity index (χ1) is 11.2. The Bertz CT molecular complexity index is 797. The van der Waals surface area contributed by atoms with E-state index in [0.29, 0.717) is 0 Å². The molecule has 0 aliphatic carbocycles. The van der Waals surface area contributed by atoms with Crippen molar-refractivity contribution in [1.29, 1.82) is 0 Å². The van der Waals surface area contributed by atoms with Gasteiger partial charge in [-0.25, -0.2) is 17.7 Å². The zero-order valence-electron chi connectivity index (χ0n) is 13.3. The number of hydrogen-bond donors (Lipinski definition) is 2. The van der Waals surface area contributed by atoms with E-state index < -0.39 is 33.5 Å². The van der Waals surface area contributed by atoms with Crippen molar-refractivity contribution < 1.29 is 57.0 Å². The SMILES string of the molecule is CON=C(C(=O)N[C@@H]1C(=O)N(S(=O)(=O)[O-])[C@H]1SC)c1csc(N)n1.[Na+]. The summed E-state index contributed by atoms with van der Waals surface area (Å²) in [7, 11) is -3.73. The average molecular weight is 417 g/mol. The second-order valence-electron chi connectivity index (χ2n) is 4.36.